The van der Waals surface area contributed by atoms with Gasteiger partial charge in [-0.25, -0.2) is 8.42 Å². The predicted octanol–water partition coefficient (Wildman–Crippen LogP) is 3.12. The molecule has 1 saturated heterocycles. The molecule has 3 aromatic rings. The summed E-state index contributed by atoms with van der Waals surface area (Å²) in [6, 6.07) is 10.6. The molecular weight excluding hydrogens is 334 g/mol. The number of nitrogens with one attached hydrogen (secondary N) is 1. The van der Waals surface area contributed by atoms with Gasteiger partial charge in [-0.3, -0.25) is 5.10 Å². The highest BCUT2D eigenvalue weighted by atomic mass is 32.2. The standard InChI is InChI=1S/C19H21N3O2S/c1-13-9-16(3-5-18(13)14-7-8-22(2)12-14)25(23,24)17-4-6-19-15(10-17)11-20-21-19/h3-6,9-11,14H,7-8,12H2,1-2H3,(H,20,21). The Bertz CT molecular complexity index is 1040. The zero-order chi connectivity index (χ0) is 17.6. The van der Waals surface area contributed by atoms with Gasteiger partial charge >= 0.3 is 0 Å². The molecule has 0 amide bonds. The first-order chi connectivity index (χ1) is 11.9. The van der Waals surface area contributed by atoms with Crippen molar-refractivity contribution < 1.29 is 8.42 Å². The molecule has 0 saturated carbocycles. The maximum absolute atomic E-state index is 13.0. The number of aryl methyl sites for hydroxylation is 1. The smallest absolute Gasteiger partial charge is 0.206 e. The van der Waals surface area contributed by atoms with Crippen molar-refractivity contribution in [3.8, 4) is 0 Å². The zero-order valence-electron chi connectivity index (χ0n) is 14.4. The van der Waals surface area contributed by atoms with E-state index in [2.05, 4.69) is 22.1 Å². The summed E-state index contributed by atoms with van der Waals surface area (Å²) in [5, 5.41) is 7.58. The molecule has 1 aliphatic rings. The van der Waals surface area contributed by atoms with E-state index in [4.69, 9.17) is 0 Å². The van der Waals surface area contributed by atoms with E-state index >= 15 is 0 Å². The van der Waals surface area contributed by atoms with Crippen molar-refractivity contribution in [2.24, 2.45) is 0 Å². The van der Waals surface area contributed by atoms with E-state index in [0.717, 1.165) is 36.0 Å². The van der Waals surface area contributed by atoms with Crippen molar-refractivity contribution >= 4 is 20.7 Å². The Morgan fingerprint density at radius 2 is 1.92 bits per heavy atom. The van der Waals surface area contributed by atoms with Gasteiger partial charge in [-0.1, -0.05) is 6.07 Å². The maximum Gasteiger partial charge on any atom is 0.206 e. The molecule has 0 spiro atoms. The normalized spacial score (nSPS) is 18.9. The first-order valence-corrected chi connectivity index (χ1v) is 9.91. The summed E-state index contributed by atoms with van der Waals surface area (Å²) >= 11 is 0. The Kier molecular flexibility index (Phi) is 3.89. The number of hydrogen-bond donors (Lipinski definition) is 1. The van der Waals surface area contributed by atoms with E-state index in [9.17, 15) is 8.42 Å². The fourth-order valence-corrected chi connectivity index (χ4v) is 5.07. The molecule has 1 aliphatic heterocycles. The number of benzene rings is 2. The molecule has 25 heavy (non-hydrogen) atoms. The number of likely N-dealkylation sites (N-methyl/N-ethyl adjacent to an activating group) is 1. The molecule has 1 aromatic heterocycles. The largest absolute Gasteiger partial charge is 0.306 e. The van der Waals surface area contributed by atoms with Crippen LogP contribution in [0, 0.1) is 6.92 Å². The molecule has 130 valence electrons. The third-order valence-corrected chi connectivity index (χ3v) is 6.85. The maximum atomic E-state index is 13.0. The molecule has 2 aromatic carbocycles. The number of H-pyrrole nitrogens is 1. The van der Waals surface area contributed by atoms with E-state index in [1.807, 2.05) is 19.1 Å². The van der Waals surface area contributed by atoms with Crippen LogP contribution in [0.3, 0.4) is 0 Å². The van der Waals surface area contributed by atoms with E-state index in [-0.39, 0.29) is 0 Å². The molecule has 4 rings (SSSR count). The lowest BCUT2D eigenvalue weighted by Crippen LogP contribution is -2.13. The van der Waals surface area contributed by atoms with E-state index in [1.54, 1.807) is 30.5 Å². The van der Waals surface area contributed by atoms with Gasteiger partial charge in [0.2, 0.25) is 9.84 Å². The first-order valence-electron chi connectivity index (χ1n) is 8.42. The summed E-state index contributed by atoms with van der Waals surface area (Å²) in [5.74, 6) is 0.490. The topological polar surface area (TPSA) is 66.1 Å². The van der Waals surface area contributed by atoms with Crippen molar-refractivity contribution in [2.75, 3.05) is 20.1 Å². The first kappa shape index (κ1) is 16.3. The number of sulfone groups is 1. The van der Waals surface area contributed by atoms with Crippen LogP contribution in [0.4, 0.5) is 0 Å². The van der Waals surface area contributed by atoms with Gasteiger partial charge in [0.1, 0.15) is 0 Å². The molecule has 0 bridgehead atoms. The van der Waals surface area contributed by atoms with E-state index in [1.165, 1.54) is 5.56 Å². The number of aromatic nitrogens is 2. The molecule has 1 unspecified atom stereocenters. The van der Waals surface area contributed by atoms with Crippen LogP contribution in [0.15, 0.2) is 52.4 Å². The Morgan fingerprint density at radius 3 is 2.64 bits per heavy atom. The minimum Gasteiger partial charge on any atom is -0.306 e. The minimum absolute atomic E-state index is 0.300. The molecule has 1 N–H and O–H groups in total. The van der Waals surface area contributed by atoms with Gasteiger partial charge < -0.3 is 4.90 Å². The van der Waals surface area contributed by atoms with Crippen LogP contribution in [0.5, 0.6) is 0 Å². The quantitative estimate of drug-likeness (QED) is 0.784. The average Bonchev–Trinajstić information content (AvgIpc) is 3.22. The summed E-state index contributed by atoms with van der Waals surface area (Å²) in [4.78, 5) is 2.96. The summed E-state index contributed by atoms with van der Waals surface area (Å²) < 4.78 is 26.0. The van der Waals surface area contributed by atoms with Gasteiger partial charge in [0.15, 0.2) is 0 Å². The third kappa shape index (κ3) is 2.85. The lowest BCUT2D eigenvalue weighted by atomic mass is 9.94. The Balaban J connectivity index is 1.71. The third-order valence-electron chi connectivity index (χ3n) is 5.10. The second-order valence-corrected chi connectivity index (χ2v) is 8.84. The monoisotopic (exact) mass is 355 g/mol. The average molecular weight is 355 g/mol. The molecule has 5 nitrogen and oxygen atoms in total. The number of likely N-dealkylation sites (tertiary alicyclic amines) is 1. The molecule has 0 radical (unpaired) electrons. The summed E-state index contributed by atoms with van der Waals surface area (Å²) in [6.45, 7) is 4.13. The number of hydrogen-bond acceptors (Lipinski definition) is 4. The lowest BCUT2D eigenvalue weighted by Gasteiger charge is -2.15. The van der Waals surface area contributed by atoms with Crippen molar-refractivity contribution in [3.05, 3.63) is 53.7 Å². The van der Waals surface area contributed by atoms with Gasteiger partial charge in [0.25, 0.3) is 0 Å². The van der Waals surface area contributed by atoms with Gasteiger partial charge in [0, 0.05) is 11.9 Å². The summed E-state index contributed by atoms with van der Waals surface area (Å²) in [6.07, 6.45) is 2.76. The molecule has 1 fully saturated rings. The molecule has 6 heteroatoms. The number of aromatic amines is 1. The Labute approximate surface area is 147 Å². The SMILES string of the molecule is Cc1cc(S(=O)(=O)c2ccc3[nH]ncc3c2)ccc1C1CCN(C)C1. The fraction of sp³-hybridized carbons (Fsp3) is 0.316. The second kappa shape index (κ2) is 5.97. The van der Waals surface area contributed by atoms with Crippen LogP contribution in [0.2, 0.25) is 0 Å². The lowest BCUT2D eigenvalue weighted by molar-refractivity contribution is 0.411. The highest BCUT2D eigenvalue weighted by Gasteiger charge is 2.24. The van der Waals surface area contributed by atoms with Gasteiger partial charge in [-0.05, 0) is 74.3 Å². The van der Waals surface area contributed by atoms with Crippen LogP contribution in [0.25, 0.3) is 10.9 Å². The molecule has 2 heterocycles. The van der Waals surface area contributed by atoms with Gasteiger partial charge in [-0.15, -0.1) is 0 Å². The van der Waals surface area contributed by atoms with E-state index in [0.29, 0.717) is 15.7 Å². The van der Waals surface area contributed by atoms with Crippen molar-refractivity contribution in [3.63, 3.8) is 0 Å². The number of nitrogens with zero attached hydrogens (tertiary/aromatic N) is 2. The number of rotatable bonds is 3. The van der Waals surface area contributed by atoms with Crippen molar-refractivity contribution in [1.29, 1.82) is 0 Å². The van der Waals surface area contributed by atoms with Gasteiger partial charge in [0.05, 0.1) is 21.5 Å². The second-order valence-electron chi connectivity index (χ2n) is 6.89. The van der Waals surface area contributed by atoms with Crippen LogP contribution in [-0.2, 0) is 9.84 Å². The predicted molar refractivity (Wildman–Crippen MR) is 97.6 cm³/mol. The minimum atomic E-state index is -3.53. The highest BCUT2D eigenvalue weighted by Crippen LogP contribution is 2.31. The molecular formula is C19H21N3O2S. The van der Waals surface area contributed by atoms with Crippen LogP contribution in [0.1, 0.15) is 23.5 Å². The van der Waals surface area contributed by atoms with Crippen molar-refractivity contribution in [1.82, 2.24) is 15.1 Å². The molecule has 1 atom stereocenters. The van der Waals surface area contributed by atoms with Crippen LogP contribution in [-0.4, -0.2) is 43.7 Å². The zero-order valence-corrected chi connectivity index (χ0v) is 15.2. The van der Waals surface area contributed by atoms with Crippen LogP contribution >= 0.6 is 0 Å². The fourth-order valence-electron chi connectivity index (χ4n) is 3.69. The van der Waals surface area contributed by atoms with Gasteiger partial charge in [-0.2, -0.15) is 5.10 Å². The Hall–Kier alpha value is -2.18. The van der Waals surface area contributed by atoms with Crippen LogP contribution < -0.4 is 0 Å². The molecule has 0 aliphatic carbocycles. The summed E-state index contributed by atoms with van der Waals surface area (Å²) in [7, 11) is -1.41. The highest BCUT2D eigenvalue weighted by molar-refractivity contribution is 7.91. The Morgan fingerprint density at radius 1 is 1.16 bits per heavy atom. The number of fused-ring (bicyclic) bond motifs is 1. The van der Waals surface area contributed by atoms with Crippen molar-refractivity contribution in [2.45, 2.75) is 29.1 Å². The van der Waals surface area contributed by atoms with E-state index < -0.39 is 9.84 Å². The summed E-state index contributed by atoms with van der Waals surface area (Å²) in [5.41, 5.74) is 3.13.